The zero-order valence-corrected chi connectivity index (χ0v) is 15.5. The zero-order valence-electron chi connectivity index (χ0n) is 14.8. The van der Waals surface area contributed by atoms with Crippen molar-refractivity contribution in [3.05, 3.63) is 22.7 Å². The van der Waals surface area contributed by atoms with Crippen LogP contribution < -0.4 is 9.64 Å². The number of methoxy groups -OCH3 is 1. The first kappa shape index (κ1) is 18.6. The summed E-state index contributed by atoms with van der Waals surface area (Å²) in [6.07, 6.45) is 2.15. The summed E-state index contributed by atoms with van der Waals surface area (Å²) in [5, 5.41) is 0.565. The van der Waals surface area contributed by atoms with Gasteiger partial charge in [0.15, 0.2) is 0 Å². The van der Waals surface area contributed by atoms with Crippen LogP contribution in [0.5, 0.6) is 5.75 Å². The fraction of sp³-hybridized carbons (Fsp3) is 0.556. The SMILES string of the molecule is COc1cc(Cl)c(C)cc1N(CC(=O)N1CCCC(C)C1)C(C)=O. The van der Waals surface area contributed by atoms with E-state index in [0.29, 0.717) is 22.4 Å². The van der Waals surface area contributed by atoms with Crippen LogP contribution in [0.4, 0.5) is 5.69 Å². The number of piperidine rings is 1. The minimum absolute atomic E-state index is 0.0134. The fourth-order valence-electron chi connectivity index (χ4n) is 3.04. The summed E-state index contributed by atoms with van der Waals surface area (Å²) in [5.74, 6) is 0.751. The van der Waals surface area contributed by atoms with E-state index < -0.39 is 0 Å². The smallest absolute Gasteiger partial charge is 0.242 e. The molecule has 0 saturated carbocycles. The number of carbonyl (C=O) groups is 2. The number of rotatable bonds is 4. The highest BCUT2D eigenvalue weighted by atomic mass is 35.5. The second kappa shape index (κ2) is 7.88. The lowest BCUT2D eigenvalue weighted by atomic mass is 10.0. The lowest BCUT2D eigenvalue weighted by Gasteiger charge is -2.33. The zero-order chi connectivity index (χ0) is 17.9. The number of benzene rings is 1. The Labute approximate surface area is 148 Å². The Bertz CT molecular complexity index is 633. The number of carbonyl (C=O) groups excluding carboxylic acids is 2. The molecule has 0 N–H and O–H groups in total. The molecule has 6 heteroatoms. The number of likely N-dealkylation sites (tertiary alicyclic amines) is 1. The number of halogens is 1. The summed E-state index contributed by atoms with van der Waals surface area (Å²) >= 11 is 6.13. The highest BCUT2D eigenvalue weighted by Gasteiger charge is 2.26. The normalized spacial score (nSPS) is 17.5. The molecule has 1 atom stereocenters. The Morgan fingerprint density at radius 3 is 2.71 bits per heavy atom. The first-order valence-corrected chi connectivity index (χ1v) is 8.61. The van der Waals surface area contributed by atoms with Crippen LogP contribution in [0.1, 0.15) is 32.3 Å². The number of hydrogen-bond donors (Lipinski definition) is 0. The lowest BCUT2D eigenvalue weighted by molar-refractivity contribution is -0.132. The minimum atomic E-state index is -0.201. The average Bonchev–Trinajstić information content (AvgIpc) is 2.54. The van der Waals surface area contributed by atoms with Gasteiger partial charge in [0.05, 0.1) is 12.8 Å². The van der Waals surface area contributed by atoms with E-state index in [9.17, 15) is 9.59 Å². The Kier molecular flexibility index (Phi) is 6.10. The van der Waals surface area contributed by atoms with E-state index >= 15 is 0 Å². The fourth-order valence-corrected chi connectivity index (χ4v) is 3.19. The molecule has 1 saturated heterocycles. The molecule has 0 aliphatic carbocycles. The van der Waals surface area contributed by atoms with Crippen LogP contribution in [0.25, 0.3) is 0 Å². The molecule has 24 heavy (non-hydrogen) atoms. The van der Waals surface area contributed by atoms with E-state index in [1.165, 1.54) is 18.9 Å². The molecular weight excluding hydrogens is 328 g/mol. The Hall–Kier alpha value is -1.75. The molecule has 2 rings (SSSR count). The molecule has 1 aromatic carbocycles. The van der Waals surface area contributed by atoms with Crippen LogP contribution >= 0.6 is 11.6 Å². The van der Waals surface area contributed by atoms with Crippen LogP contribution in [0.2, 0.25) is 5.02 Å². The largest absolute Gasteiger partial charge is 0.495 e. The van der Waals surface area contributed by atoms with Gasteiger partial charge in [0.1, 0.15) is 12.3 Å². The molecule has 1 aliphatic heterocycles. The average molecular weight is 353 g/mol. The summed E-state index contributed by atoms with van der Waals surface area (Å²) in [4.78, 5) is 28.1. The van der Waals surface area contributed by atoms with E-state index in [1.807, 2.05) is 11.8 Å². The van der Waals surface area contributed by atoms with E-state index in [-0.39, 0.29) is 18.4 Å². The topological polar surface area (TPSA) is 49.9 Å². The first-order valence-electron chi connectivity index (χ1n) is 8.23. The molecule has 0 aromatic heterocycles. The highest BCUT2D eigenvalue weighted by molar-refractivity contribution is 6.31. The first-order chi connectivity index (χ1) is 11.3. The molecule has 1 aromatic rings. The molecular formula is C18H25ClN2O3. The van der Waals surface area contributed by atoms with E-state index in [4.69, 9.17) is 16.3 Å². The van der Waals surface area contributed by atoms with Gasteiger partial charge in [-0.05, 0) is 37.3 Å². The number of anilines is 1. The van der Waals surface area contributed by atoms with Crippen molar-refractivity contribution in [1.29, 1.82) is 0 Å². The molecule has 1 fully saturated rings. The van der Waals surface area contributed by atoms with Gasteiger partial charge >= 0.3 is 0 Å². The van der Waals surface area contributed by atoms with Gasteiger partial charge in [-0.15, -0.1) is 0 Å². The molecule has 1 unspecified atom stereocenters. The summed E-state index contributed by atoms with van der Waals surface area (Å²) < 4.78 is 5.35. The molecule has 1 heterocycles. The van der Waals surface area contributed by atoms with E-state index in [2.05, 4.69) is 6.92 Å². The predicted octanol–water partition coefficient (Wildman–Crippen LogP) is 3.27. The second-order valence-corrected chi connectivity index (χ2v) is 6.87. The van der Waals surface area contributed by atoms with E-state index in [0.717, 1.165) is 31.5 Å². The maximum Gasteiger partial charge on any atom is 0.242 e. The van der Waals surface area contributed by atoms with Crippen LogP contribution in [-0.4, -0.2) is 43.5 Å². The second-order valence-electron chi connectivity index (χ2n) is 6.47. The van der Waals surface area contributed by atoms with Gasteiger partial charge < -0.3 is 9.64 Å². The van der Waals surface area contributed by atoms with Gasteiger partial charge in [0.25, 0.3) is 0 Å². The molecule has 0 bridgehead atoms. The Morgan fingerprint density at radius 2 is 2.12 bits per heavy atom. The third-order valence-corrected chi connectivity index (χ3v) is 4.84. The number of aryl methyl sites for hydroxylation is 1. The molecule has 2 amide bonds. The van der Waals surface area contributed by atoms with Crippen molar-refractivity contribution in [3.8, 4) is 5.75 Å². The van der Waals surface area contributed by atoms with Gasteiger partial charge in [-0.25, -0.2) is 0 Å². The maximum absolute atomic E-state index is 12.6. The molecule has 1 aliphatic rings. The number of amides is 2. The van der Waals surface area contributed by atoms with Gasteiger partial charge in [0, 0.05) is 31.1 Å². The molecule has 132 valence electrons. The van der Waals surface area contributed by atoms with Crippen molar-refractivity contribution in [1.82, 2.24) is 4.90 Å². The van der Waals surface area contributed by atoms with Gasteiger partial charge in [-0.1, -0.05) is 18.5 Å². The van der Waals surface area contributed by atoms with Crippen molar-refractivity contribution in [2.24, 2.45) is 5.92 Å². The van der Waals surface area contributed by atoms with Crippen molar-refractivity contribution < 1.29 is 14.3 Å². The van der Waals surface area contributed by atoms with Crippen LogP contribution in [-0.2, 0) is 9.59 Å². The summed E-state index contributed by atoms with van der Waals surface area (Å²) in [6, 6.07) is 3.46. The van der Waals surface area contributed by atoms with Gasteiger partial charge in [0.2, 0.25) is 11.8 Å². The van der Waals surface area contributed by atoms with Crippen LogP contribution in [0, 0.1) is 12.8 Å². The third-order valence-electron chi connectivity index (χ3n) is 4.43. The van der Waals surface area contributed by atoms with E-state index in [1.54, 1.807) is 12.1 Å². The minimum Gasteiger partial charge on any atom is -0.495 e. The third kappa shape index (κ3) is 4.20. The maximum atomic E-state index is 12.6. The Morgan fingerprint density at radius 1 is 1.42 bits per heavy atom. The van der Waals surface area contributed by atoms with Crippen molar-refractivity contribution in [3.63, 3.8) is 0 Å². The number of hydrogen-bond acceptors (Lipinski definition) is 3. The van der Waals surface area contributed by atoms with Crippen molar-refractivity contribution in [2.45, 2.75) is 33.6 Å². The molecule has 0 spiro atoms. The summed E-state index contributed by atoms with van der Waals surface area (Å²) in [6.45, 7) is 6.98. The predicted molar refractivity (Wildman–Crippen MR) is 95.7 cm³/mol. The highest BCUT2D eigenvalue weighted by Crippen LogP contribution is 2.34. The van der Waals surface area contributed by atoms with Gasteiger partial charge in [-0.2, -0.15) is 0 Å². The molecule has 5 nitrogen and oxygen atoms in total. The van der Waals surface area contributed by atoms with Crippen molar-refractivity contribution >= 4 is 29.1 Å². The van der Waals surface area contributed by atoms with Crippen molar-refractivity contribution in [2.75, 3.05) is 31.6 Å². The summed E-state index contributed by atoms with van der Waals surface area (Å²) in [5.41, 5.74) is 1.41. The number of ether oxygens (including phenoxy) is 1. The lowest BCUT2D eigenvalue weighted by Crippen LogP contribution is -2.46. The van der Waals surface area contributed by atoms with Gasteiger partial charge in [-0.3, -0.25) is 14.5 Å². The quantitative estimate of drug-likeness (QED) is 0.835. The standard InChI is InChI=1S/C18H25ClN2O3/c1-12-6-5-7-20(10-12)18(23)11-21(14(3)22)16-8-13(2)15(19)9-17(16)24-4/h8-9,12H,5-7,10-11H2,1-4H3. The number of nitrogens with zero attached hydrogens (tertiary/aromatic N) is 2. The summed E-state index contributed by atoms with van der Waals surface area (Å²) in [7, 11) is 1.52. The van der Waals surface area contributed by atoms with Crippen LogP contribution in [0.15, 0.2) is 12.1 Å². The Balaban J connectivity index is 2.25. The molecule has 0 radical (unpaired) electrons. The monoisotopic (exact) mass is 352 g/mol. The van der Waals surface area contributed by atoms with Crippen LogP contribution in [0.3, 0.4) is 0 Å².